The molecule has 0 heterocycles. The summed E-state index contributed by atoms with van der Waals surface area (Å²) >= 11 is 0. The predicted octanol–water partition coefficient (Wildman–Crippen LogP) is 1.86. The summed E-state index contributed by atoms with van der Waals surface area (Å²) in [6.07, 6.45) is 2.41. The molecule has 0 saturated heterocycles. The van der Waals surface area contributed by atoms with Gasteiger partial charge in [0.25, 0.3) is 0 Å². The van der Waals surface area contributed by atoms with Crippen LogP contribution >= 0.6 is 0 Å². The molecule has 2 bridgehead atoms. The van der Waals surface area contributed by atoms with E-state index >= 15 is 0 Å². The molecule has 2 saturated carbocycles. The lowest BCUT2D eigenvalue weighted by atomic mass is 9.67. The molecule has 2 unspecified atom stereocenters. The van der Waals surface area contributed by atoms with E-state index in [2.05, 4.69) is 13.8 Å². The molecule has 3 heteroatoms. The molecular formula is C11H16O3. The van der Waals surface area contributed by atoms with Crippen LogP contribution in [0.2, 0.25) is 0 Å². The van der Waals surface area contributed by atoms with Crippen molar-refractivity contribution in [3.05, 3.63) is 0 Å². The van der Waals surface area contributed by atoms with Gasteiger partial charge in [-0.25, -0.2) is 0 Å². The maximum absolute atomic E-state index is 11.8. The van der Waals surface area contributed by atoms with Crippen molar-refractivity contribution in [1.29, 1.82) is 0 Å². The minimum absolute atomic E-state index is 0.0231. The van der Waals surface area contributed by atoms with Crippen molar-refractivity contribution >= 4 is 11.8 Å². The number of hydrogen-bond acceptors (Lipinski definition) is 2. The lowest BCUT2D eigenvalue weighted by Gasteiger charge is -2.35. The summed E-state index contributed by atoms with van der Waals surface area (Å²) in [6, 6.07) is 0. The lowest BCUT2D eigenvalue weighted by molar-refractivity contribution is -0.146. The highest BCUT2D eigenvalue weighted by molar-refractivity contribution is 5.92. The molecule has 0 aliphatic heterocycles. The molecular weight excluding hydrogens is 180 g/mol. The Morgan fingerprint density at radius 3 is 2.57 bits per heavy atom. The maximum atomic E-state index is 11.8. The smallest absolute Gasteiger partial charge is 0.304 e. The monoisotopic (exact) mass is 196 g/mol. The Bertz CT molecular complexity index is 306. The van der Waals surface area contributed by atoms with Crippen LogP contribution in [0.5, 0.6) is 0 Å². The Morgan fingerprint density at radius 2 is 2.21 bits per heavy atom. The minimum Gasteiger partial charge on any atom is -0.481 e. The first kappa shape index (κ1) is 9.69. The molecule has 0 aromatic carbocycles. The van der Waals surface area contributed by atoms with E-state index < -0.39 is 11.4 Å². The second kappa shape index (κ2) is 2.59. The quantitative estimate of drug-likeness (QED) is 0.733. The lowest BCUT2D eigenvalue weighted by Crippen LogP contribution is -2.37. The molecule has 2 fully saturated rings. The summed E-state index contributed by atoms with van der Waals surface area (Å²) < 4.78 is 0. The van der Waals surface area contributed by atoms with Crippen molar-refractivity contribution in [3.8, 4) is 0 Å². The van der Waals surface area contributed by atoms with Crippen molar-refractivity contribution in [1.82, 2.24) is 0 Å². The number of ketones is 1. The number of carbonyl (C=O) groups excluding carboxylic acids is 1. The van der Waals surface area contributed by atoms with E-state index in [0.717, 1.165) is 12.8 Å². The molecule has 1 N–H and O–H groups in total. The molecule has 2 rings (SSSR count). The van der Waals surface area contributed by atoms with Crippen LogP contribution in [0.25, 0.3) is 0 Å². The molecule has 0 spiro atoms. The number of rotatable bonds is 2. The van der Waals surface area contributed by atoms with Crippen LogP contribution in [0.3, 0.4) is 0 Å². The second-order valence-electron chi connectivity index (χ2n) is 5.24. The van der Waals surface area contributed by atoms with E-state index in [1.165, 1.54) is 0 Å². The largest absolute Gasteiger partial charge is 0.481 e. The zero-order valence-corrected chi connectivity index (χ0v) is 8.67. The number of Topliss-reactive ketones (excluding diaryl/α,β-unsaturated/α-hetero) is 1. The average Bonchev–Trinajstić information content (AvgIpc) is 2.36. The topological polar surface area (TPSA) is 54.4 Å². The van der Waals surface area contributed by atoms with Crippen LogP contribution in [0.4, 0.5) is 0 Å². The molecule has 0 amide bonds. The standard InChI is InChI=1S/C11H16O3/c1-10(2)7-3-4-11(10,6-9(13)14)8(12)5-7/h7H,3-6H2,1-2H3,(H,13,14). The Morgan fingerprint density at radius 1 is 1.57 bits per heavy atom. The Balaban J connectivity index is 2.39. The van der Waals surface area contributed by atoms with Crippen LogP contribution in [0.1, 0.15) is 39.5 Å². The maximum Gasteiger partial charge on any atom is 0.304 e. The normalized spacial score (nSPS) is 39.0. The van der Waals surface area contributed by atoms with E-state index in [-0.39, 0.29) is 17.6 Å². The Hall–Kier alpha value is -0.860. The highest BCUT2D eigenvalue weighted by Gasteiger charge is 2.64. The van der Waals surface area contributed by atoms with E-state index in [4.69, 9.17) is 5.11 Å². The first-order valence-electron chi connectivity index (χ1n) is 5.15. The van der Waals surface area contributed by atoms with Crippen molar-refractivity contribution in [2.24, 2.45) is 16.7 Å². The van der Waals surface area contributed by atoms with Crippen LogP contribution in [-0.2, 0) is 9.59 Å². The van der Waals surface area contributed by atoms with Gasteiger partial charge in [-0.3, -0.25) is 9.59 Å². The molecule has 0 aromatic heterocycles. The fourth-order valence-electron chi connectivity index (χ4n) is 3.44. The van der Waals surface area contributed by atoms with Gasteiger partial charge >= 0.3 is 5.97 Å². The van der Waals surface area contributed by atoms with E-state index in [9.17, 15) is 9.59 Å². The first-order chi connectivity index (χ1) is 6.40. The first-order valence-corrected chi connectivity index (χ1v) is 5.15. The van der Waals surface area contributed by atoms with Crippen LogP contribution in [0, 0.1) is 16.7 Å². The van der Waals surface area contributed by atoms with Gasteiger partial charge in [-0.15, -0.1) is 0 Å². The summed E-state index contributed by atoms with van der Waals surface area (Å²) in [5.74, 6) is -0.246. The molecule has 2 atom stereocenters. The van der Waals surface area contributed by atoms with Gasteiger partial charge in [0.2, 0.25) is 0 Å². The molecule has 0 radical (unpaired) electrons. The highest BCUT2D eigenvalue weighted by Crippen LogP contribution is 2.65. The molecule has 14 heavy (non-hydrogen) atoms. The molecule has 78 valence electrons. The van der Waals surface area contributed by atoms with Crippen LogP contribution in [0.15, 0.2) is 0 Å². The van der Waals surface area contributed by atoms with Gasteiger partial charge in [0.1, 0.15) is 5.78 Å². The number of hydrogen-bond donors (Lipinski definition) is 1. The SMILES string of the molecule is CC1(C)C2CCC1(CC(=O)O)C(=O)C2. The van der Waals surface area contributed by atoms with Crippen molar-refractivity contribution < 1.29 is 14.7 Å². The Labute approximate surface area is 83.5 Å². The Kier molecular flexibility index (Phi) is 1.79. The van der Waals surface area contributed by atoms with Gasteiger partial charge in [0.05, 0.1) is 6.42 Å². The zero-order valence-electron chi connectivity index (χ0n) is 8.67. The van der Waals surface area contributed by atoms with Gasteiger partial charge in [-0.1, -0.05) is 13.8 Å². The summed E-state index contributed by atoms with van der Waals surface area (Å²) in [5, 5.41) is 8.89. The molecule has 3 nitrogen and oxygen atoms in total. The van der Waals surface area contributed by atoms with E-state index in [1.54, 1.807) is 0 Å². The van der Waals surface area contributed by atoms with Crippen molar-refractivity contribution in [3.63, 3.8) is 0 Å². The van der Waals surface area contributed by atoms with E-state index in [0.29, 0.717) is 12.3 Å². The molecule has 2 aliphatic rings. The highest BCUT2D eigenvalue weighted by atomic mass is 16.4. The number of carbonyl (C=O) groups is 2. The minimum atomic E-state index is -0.839. The summed E-state index contributed by atoms with van der Waals surface area (Å²) in [5.41, 5.74) is -0.661. The van der Waals surface area contributed by atoms with Gasteiger partial charge in [-0.2, -0.15) is 0 Å². The van der Waals surface area contributed by atoms with Crippen molar-refractivity contribution in [2.75, 3.05) is 0 Å². The van der Waals surface area contributed by atoms with Crippen LogP contribution in [-0.4, -0.2) is 16.9 Å². The van der Waals surface area contributed by atoms with Gasteiger partial charge in [-0.05, 0) is 24.2 Å². The van der Waals surface area contributed by atoms with Gasteiger partial charge in [0.15, 0.2) is 0 Å². The van der Waals surface area contributed by atoms with Gasteiger partial charge < -0.3 is 5.11 Å². The average molecular weight is 196 g/mol. The number of aliphatic carboxylic acids is 1. The fourth-order valence-corrected chi connectivity index (χ4v) is 3.44. The predicted molar refractivity (Wildman–Crippen MR) is 50.8 cm³/mol. The summed E-state index contributed by atoms with van der Waals surface area (Å²) in [4.78, 5) is 22.7. The third kappa shape index (κ3) is 0.928. The number of carboxylic acid groups (broad SMARTS) is 1. The van der Waals surface area contributed by atoms with E-state index in [1.807, 2.05) is 0 Å². The van der Waals surface area contributed by atoms with Crippen LogP contribution < -0.4 is 0 Å². The third-order valence-corrected chi connectivity index (χ3v) is 4.59. The number of carboxylic acids is 1. The molecule has 0 aromatic rings. The summed E-state index contributed by atoms with van der Waals surface area (Å²) in [6.45, 7) is 4.11. The van der Waals surface area contributed by atoms with Crippen molar-refractivity contribution in [2.45, 2.75) is 39.5 Å². The van der Waals surface area contributed by atoms with Gasteiger partial charge in [0, 0.05) is 11.8 Å². The third-order valence-electron chi connectivity index (χ3n) is 4.59. The fraction of sp³-hybridized carbons (Fsp3) is 0.818. The molecule has 2 aliphatic carbocycles. The number of fused-ring (bicyclic) bond motifs is 2. The summed E-state index contributed by atoms with van der Waals surface area (Å²) in [7, 11) is 0. The second-order valence-corrected chi connectivity index (χ2v) is 5.24. The zero-order chi connectivity index (χ0) is 10.6.